The minimum absolute atomic E-state index is 0.146. The second kappa shape index (κ2) is 5.36. The van der Waals surface area contributed by atoms with Crippen LogP contribution in [0.5, 0.6) is 0 Å². The Morgan fingerprint density at radius 2 is 2.24 bits per heavy atom. The highest BCUT2D eigenvalue weighted by Gasteiger charge is 2.40. The van der Waals surface area contributed by atoms with E-state index >= 15 is 0 Å². The van der Waals surface area contributed by atoms with Gasteiger partial charge in [0.15, 0.2) is 0 Å². The molecule has 2 N–H and O–H groups in total. The number of nitrogens with zero attached hydrogens (tertiary/aromatic N) is 1. The van der Waals surface area contributed by atoms with E-state index in [0.717, 1.165) is 38.8 Å². The van der Waals surface area contributed by atoms with Crippen LogP contribution in [-0.2, 0) is 9.53 Å². The van der Waals surface area contributed by atoms with Crippen molar-refractivity contribution >= 4 is 5.91 Å². The summed E-state index contributed by atoms with van der Waals surface area (Å²) in [5, 5.41) is 0. The van der Waals surface area contributed by atoms with Crippen molar-refractivity contribution in [3.8, 4) is 0 Å². The molecule has 4 nitrogen and oxygen atoms in total. The Morgan fingerprint density at radius 1 is 1.47 bits per heavy atom. The Kier molecular flexibility index (Phi) is 4.05. The van der Waals surface area contributed by atoms with E-state index in [2.05, 4.69) is 0 Å². The highest BCUT2D eigenvalue weighted by atomic mass is 16.5. The molecule has 4 heteroatoms. The average molecular weight is 240 g/mol. The molecule has 1 amide bonds. The Labute approximate surface area is 103 Å². The summed E-state index contributed by atoms with van der Waals surface area (Å²) in [7, 11) is 1.73. The fourth-order valence-electron chi connectivity index (χ4n) is 2.90. The van der Waals surface area contributed by atoms with Gasteiger partial charge in [0.2, 0.25) is 5.91 Å². The Bertz CT molecular complexity index is 271. The van der Waals surface area contributed by atoms with Crippen LogP contribution in [-0.4, -0.2) is 43.2 Å². The molecule has 2 aliphatic rings. The number of amides is 1. The number of rotatable bonds is 4. The average Bonchev–Trinajstić information content (AvgIpc) is 2.33. The van der Waals surface area contributed by atoms with Crippen LogP contribution in [0.15, 0.2) is 0 Å². The van der Waals surface area contributed by atoms with Gasteiger partial charge in [-0.15, -0.1) is 0 Å². The minimum Gasteiger partial charge on any atom is -0.378 e. The molecule has 1 aliphatic carbocycles. The van der Waals surface area contributed by atoms with Crippen molar-refractivity contribution in [2.45, 2.75) is 44.1 Å². The Hall–Kier alpha value is -0.610. The van der Waals surface area contributed by atoms with E-state index in [9.17, 15) is 4.79 Å². The molecule has 1 saturated carbocycles. The van der Waals surface area contributed by atoms with E-state index in [1.165, 1.54) is 6.42 Å². The zero-order chi connectivity index (χ0) is 12.3. The van der Waals surface area contributed by atoms with Crippen LogP contribution >= 0.6 is 0 Å². The lowest BCUT2D eigenvalue weighted by Crippen LogP contribution is -2.48. The van der Waals surface area contributed by atoms with Gasteiger partial charge in [0, 0.05) is 20.2 Å². The topological polar surface area (TPSA) is 55.6 Å². The van der Waals surface area contributed by atoms with Crippen molar-refractivity contribution < 1.29 is 9.53 Å². The number of likely N-dealkylation sites (tertiary alicyclic amines) is 1. The van der Waals surface area contributed by atoms with Gasteiger partial charge in [-0.1, -0.05) is 0 Å². The first-order valence-electron chi connectivity index (χ1n) is 6.72. The quantitative estimate of drug-likeness (QED) is 0.802. The van der Waals surface area contributed by atoms with E-state index < -0.39 is 0 Å². The number of carbonyl (C=O) groups is 1. The van der Waals surface area contributed by atoms with Crippen molar-refractivity contribution in [2.75, 3.05) is 26.7 Å². The van der Waals surface area contributed by atoms with E-state index in [4.69, 9.17) is 10.5 Å². The maximum atomic E-state index is 12.2. The first-order valence-corrected chi connectivity index (χ1v) is 6.72. The van der Waals surface area contributed by atoms with Crippen LogP contribution in [0.25, 0.3) is 0 Å². The van der Waals surface area contributed by atoms with Gasteiger partial charge >= 0.3 is 0 Å². The monoisotopic (exact) mass is 240 g/mol. The van der Waals surface area contributed by atoms with Gasteiger partial charge in [-0.2, -0.15) is 0 Å². The molecule has 0 aromatic heterocycles. The van der Waals surface area contributed by atoms with Crippen molar-refractivity contribution in [2.24, 2.45) is 11.7 Å². The van der Waals surface area contributed by atoms with Gasteiger partial charge in [0.25, 0.3) is 0 Å². The zero-order valence-corrected chi connectivity index (χ0v) is 10.8. The predicted molar refractivity (Wildman–Crippen MR) is 66.6 cm³/mol. The van der Waals surface area contributed by atoms with E-state index in [0.29, 0.717) is 18.9 Å². The highest BCUT2D eigenvalue weighted by Crippen LogP contribution is 2.38. The largest absolute Gasteiger partial charge is 0.378 e. The minimum atomic E-state index is -0.146. The zero-order valence-electron chi connectivity index (χ0n) is 10.8. The number of methoxy groups -OCH3 is 1. The molecular formula is C13H24N2O2. The predicted octanol–water partition coefficient (Wildman–Crippen LogP) is 1.14. The van der Waals surface area contributed by atoms with Crippen LogP contribution in [0.1, 0.15) is 38.5 Å². The third-order valence-electron chi connectivity index (χ3n) is 4.38. The Morgan fingerprint density at radius 3 is 2.76 bits per heavy atom. The standard InChI is InChI=1S/C13H24N2O2/c1-17-13(5-3-6-13)8-12(16)15-7-2-4-11(9-14)10-15/h11H,2-10,14H2,1H3. The van der Waals surface area contributed by atoms with Crippen LogP contribution in [0.3, 0.4) is 0 Å². The third-order valence-corrected chi connectivity index (χ3v) is 4.38. The molecule has 1 aliphatic heterocycles. The summed E-state index contributed by atoms with van der Waals surface area (Å²) in [6, 6.07) is 0. The molecule has 0 bridgehead atoms. The summed E-state index contributed by atoms with van der Waals surface area (Å²) in [4.78, 5) is 14.2. The summed E-state index contributed by atoms with van der Waals surface area (Å²) in [6.07, 6.45) is 6.06. The third kappa shape index (κ3) is 2.80. The fraction of sp³-hybridized carbons (Fsp3) is 0.923. The summed E-state index contributed by atoms with van der Waals surface area (Å²) < 4.78 is 5.52. The normalized spacial score (nSPS) is 27.6. The number of nitrogens with two attached hydrogens (primary N) is 1. The number of hydrogen-bond donors (Lipinski definition) is 1. The fourth-order valence-corrected chi connectivity index (χ4v) is 2.90. The molecule has 0 aromatic rings. The van der Waals surface area contributed by atoms with Crippen molar-refractivity contribution in [3.63, 3.8) is 0 Å². The lowest BCUT2D eigenvalue weighted by atomic mass is 9.77. The van der Waals surface area contributed by atoms with Crippen molar-refractivity contribution in [1.82, 2.24) is 4.90 Å². The van der Waals surface area contributed by atoms with Crippen molar-refractivity contribution in [1.29, 1.82) is 0 Å². The molecule has 0 spiro atoms. The van der Waals surface area contributed by atoms with Crippen LogP contribution in [0.4, 0.5) is 0 Å². The number of carbonyl (C=O) groups excluding carboxylic acids is 1. The molecule has 1 heterocycles. The number of hydrogen-bond acceptors (Lipinski definition) is 3. The molecule has 0 radical (unpaired) electrons. The van der Waals surface area contributed by atoms with Gasteiger partial charge in [-0.25, -0.2) is 0 Å². The molecule has 1 unspecified atom stereocenters. The second-order valence-corrected chi connectivity index (χ2v) is 5.50. The first kappa shape index (κ1) is 12.8. The van der Waals surface area contributed by atoms with Crippen LogP contribution < -0.4 is 5.73 Å². The maximum Gasteiger partial charge on any atom is 0.225 e. The molecule has 0 aromatic carbocycles. The van der Waals surface area contributed by atoms with Crippen LogP contribution in [0.2, 0.25) is 0 Å². The van der Waals surface area contributed by atoms with Gasteiger partial charge in [0.1, 0.15) is 0 Å². The number of piperidine rings is 1. The summed E-state index contributed by atoms with van der Waals surface area (Å²) in [5.41, 5.74) is 5.55. The van der Waals surface area contributed by atoms with Gasteiger partial charge in [0.05, 0.1) is 12.0 Å². The first-order chi connectivity index (χ1) is 8.19. The lowest BCUT2D eigenvalue weighted by Gasteiger charge is -2.42. The smallest absolute Gasteiger partial charge is 0.225 e. The molecule has 2 fully saturated rings. The van der Waals surface area contributed by atoms with Gasteiger partial charge in [-0.3, -0.25) is 4.79 Å². The summed E-state index contributed by atoms with van der Waals surface area (Å²) >= 11 is 0. The maximum absolute atomic E-state index is 12.2. The molecule has 17 heavy (non-hydrogen) atoms. The molecule has 1 atom stereocenters. The van der Waals surface area contributed by atoms with E-state index in [1.807, 2.05) is 4.90 Å². The molecular weight excluding hydrogens is 216 g/mol. The molecule has 1 saturated heterocycles. The Balaban J connectivity index is 1.86. The molecule has 98 valence electrons. The van der Waals surface area contributed by atoms with Crippen LogP contribution in [0, 0.1) is 5.92 Å². The second-order valence-electron chi connectivity index (χ2n) is 5.50. The molecule has 2 rings (SSSR count). The number of ether oxygens (including phenoxy) is 1. The van der Waals surface area contributed by atoms with E-state index in [-0.39, 0.29) is 11.5 Å². The summed E-state index contributed by atoms with van der Waals surface area (Å²) in [5.74, 6) is 0.747. The van der Waals surface area contributed by atoms with Crippen molar-refractivity contribution in [3.05, 3.63) is 0 Å². The SMILES string of the molecule is COC1(CC(=O)N2CCCC(CN)C2)CCC1. The summed E-state index contributed by atoms with van der Waals surface area (Å²) in [6.45, 7) is 2.43. The lowest BCUT2D eigenvalue weighted by molar-refractivity contribution is -0.145. The highest BCUT2D eigenvalue weighted by molar-refractivity contribution is 5.77. The van der Waals surface area contributed by atoms with E-state index in [1.54, 1.807) is 7.11 Å². The van der Waals surface area contributed by atoms with Gasteiger partial charge in [-0.05, 0) is 44.6 Å². The van der Waals surface area contributed by atoms with Gasteiger partial charge < -0.3 is 15.4 Å².